The summed E-state index contributed by atoms with van der Waals surface area (Å²) in [5, 5.41) is 12.1. The number of rotatable bonds is 9. The highest BCUT2D eigenvalue weighted by molar-refractivity contribution is 4.99. The molecule has 0 heterocycles. The van der Waals surface area contributed by atoms with Gasteiger partial charge in [-0.3, -0.25) is 4.90 Å². The van der Waals surface area contributed by atoms with Crippen molar-refractivity contribution in [2.45, 2.75) is 33.2 Å². The molecule has 0 atom stereocenters. The average molecular weight is 214 g/mol. The molecule has 0 bridgehead atoms. The lowest BCUT2D eigenvalue weighted by atomic mass is 10.2. The minimum Gasteiger partial charge on any atom is -0.396 e. The molecule has 0 unspecified atom stereocenters. The summed E-state index contributed by atoms with van der Waals surface area (Å²) in [5.41, 5.74) is 1.21. The van der Waals surface area contributed by atoms with E-state index in [1.807, 2.05) is 0 Å². The van der Waals surface area contributed by atoms with E-state index in [0.717, 1.165) is 32.6 Å². The summed E-state index contributed by atoms with van der Waals surface area (Å²) in [5.74, 6) is 0. The van der Waals surface area contributed by atoms with Crippen molar-refractivity contribution in [3.8, 4) is 0 Å². The van der Waals surface area contributed by atoms with Crippen LogP contribution < -0.4 is 5.32 Å². The van der Waals surface area contributed by atoms with E-state index in [1.54, 1.807) is 0 Å². The lowest BCUT2D eigenvalue weighted by Crippen LogP contribution is -2.32. The first-order valence-electron chi connectivity index (χ1n) is 5.83. The zero-order chi connectivity index (χ0) is 11.7. The van der Waals surface area contributed by atoms with Crippen molar-refractivity contribution < 1.29 is 5.11 Å². The van der Waals surface area contributed by atoms with E-state index in [0.29, 0.717) is 6.04 Å². The predicted octanol–water partition coefficient (Wildman–Crippen LogP) is 1.24. The third kappa shape index (κ3) is 8.60. The van der Waals surface area contributed by atoms with Gasteiger partial charge in [-0.05, 0) is 18.5 Å². The maximum absolute atomic E-state index is 8.76. The summed E-state index contributed by atoms with van der Waals surface area (Å²) in [4.78, 5) is 2.31. The van der Waals surface area contributed by atoms with Crippen molar-refractivity contribution in [2.24, 2.45) is 0 Å². The fraction of sp³-hybridized carbons (Fsp3) is 0.833. The zero-order valence-corrected chi connectivity index (χ0v) is 10.4. The van der Waals surface area contributed by atoms with Crippen molar-refractivity contribution in [3.63, 3.8) is 0 Å². The van der Waals surface area contributed by atoms with Gasteiger partial charge in [0.1, 0.15) is 0 Å². The molecule has 0 spiro atoms. The average Bonchev–Trinajstić information content (AvgIpc) is 2.21. The molecule has 15 heavy (non-hydrogen) atoms. The summed E-state index contributed by atoms with van der Waals surface area (Å²) < 4.78 is 0. The van der Waals surface area contributed by atoms with Gasteiger partial charge in [0.05, 0.1) is 0 Å². The highest BCUT2D eigenvalue weighted by Gasteiger charge is 2.04. The molecule has 0 fully saturated rings. The molecule has 0 saturated carbocycles. The van der Waals surface area contributed by atoms with Crippen LogP contribution in [0.25, 0.3) is 0 Å². The Kier molecular flexibility index (Phi) is 8.67. The Labute approximate surface area is 94.2 Å². The van der Waals surface area contributed by atoms with Gasteiger partial charge in [0, 0.05) is 32.3 Å². The highest BCUT2D eigenvalue weighted by atomic mass is 16.3. The number of nitrogens with zero attached hydrogens (tertiary/aromatic N) is 1. The molecule has 3 heteroatoms. The highest BCUT2D eigenvalue weighted by Crippen LogP contribution is 1.97. The first-order chi connectivity index (χ1) is 7.10. The van der Waals surface area contributed by atoms with Gasteiger partial charge >= 0.3 is 0 Å². The van der Waals surface area contributed by atoms with Gasteiger partial charge in [0.15, 0.2) is 0 Å². The molecule has 0 radical (unpaired) electrons. The van der Waals surface area contributed by atoms with Crippen molar-refractivity contribution in [1.82, 2.24) is 10.2 Å². The van der Waals surface area contributed by atoms with Crippen molar-refractivity contribution in [3.05, 3.63) is 12.2 Å². The Bertz CT molecular complexity index is 169. The first kappa shape index (κ1) is 14.6. The number of likely N-dealkylation sites (N-methyl/N-ethyl adjacent to an activating group) is 1. The van der Waals surface area contributed by atoms with Crippen LogP contribution in [0.2, 0.25) is 0 Å². The molecule has 2 N–H and O–H groups in total. The van der Waals surface area contributed by atoms with Crippen molar-refractivity contribution in [1.29, 1.82) is 0 Å². The first-order valence-corrected chi connectivity index (χ1v) is 5.83. The molecule has 0 saturated heterocycles. The van der Waals surface area contributed by atoms with E-state index in [-0.39, 0.29) is 6.61 Å². The Balaban J connectivity index is 3.70. The van der Waals surface area contributed by atoms with Crippen LogP contribution in [-0.2, 0) is 0 Å². The standard InChI is InChI=1S/C12H26N2O/c1-5-14(7-6-8-15)10-12(4)9-13-11(2)3/h11,13,15H,4-10H2,1-3H3. The van der Waals surface area contributed by atoms with Crippen LogP contribution in [0, 0.1) is 0 Å². The molecule has 0 aliphatic carbocycles. The fourth-order valence-corrected chi connectivity index (χ4v) is 1.36. The Hall–Kier alpha value is -0.380. The van der Waals surface area contributed by atoms with Crippen molar-refractivity contribution >= 4 is 0 Å². The zero-order valence-electron chi connectivity index (χ0n) is 10.4. The Morgan fingerprint density at radius 3 is 2.60 bits per heavy atom. The molecular formula is C12H26N2O. The van der Waals surface area contributed by atoms with E-state index in [9.17, 15) is 0 Å². The van der Waals surface area contributed by atoms with Crippen LogP contribution in [0.5, 0.6) is 0 Å². The molecule has 0 aliphatic heterocycles. The summed E-state index contributed by atoms with van der Waals surface area (Å²) in [6.07, 6.45) is 0.846. The minimum absolute atomic E-state index is 0.271. The van der Waals surface area contributed by atoms with Crippen LogP contribution in [0.3, 0.4) is 0 Å². The van der Waals surface area contributed by atoms with Crippen LogP contribution >= 0.6 is 0 Å². The van der Waals surface area contributed by atoms with E-state index in [1.165, 1.54) is 5.57 Å². The van der Waals surface area contributed by atoms with E-state index < -0.39 is 0 Å². The lowest BCUT2D eigenvalue weighted by molar-refractivity contribution is 0.239. The quantitative estimate of drug-likeness (QED) is 0.567. The monoisotopic (exact) mass is 214 g/mol. The van der Waals surface area contributed by atoms with E-state index in [2.05, 4.69) is 37.6 Å². The predicted molar refractivity (Wildman–Crippen MR) is 66.1 cm³/mol. The van der Waals surface area contributed by atoms with Gasteiger partial charge in [0.2, 0.25) is 0 Å². The second kappa shape index (κ2) is 8.89. The summed E-state index contributed by atoms with van der Waals surface area (Å²) in [6.45, 7) is 14.5. The largest absolute Gasteiger partial charge is 0.396 e. The second-order valence-electron chi connectivity index (χ2n) is 4.23. The molecule has 0 amide bonds. The third-order valence-corrected chi connectivity index (χ3v) is 2.29. The normalized spacial score (nSPS) is 11.3. The van der Waals surface area contributed by atoms with Gasteiger partial charge in [-0.25, -0.2) is 0 Å². The maximum Gasteiger partial charge on any atom is 0.0443 e. The van der Waals surface area contributed by atoms with E-state index in [4.69, 9.17) is 5.11 Å². The van der Waals surface area contributed by atoms with Crippen LogP contribution in [0.1, 0.15) is 27.2 Å². The van der Waals surface area contributed by atoms with E-state index >= 15 is 0 Å². The number of hydrogen-bond acceptors (Lipinski definition) is 3. The molecule has 0 aromatic carbocycles. The second-order valence-corrected chi connectivity index (χ2v) is 4.23. The van der Waals surface area contributed by atoms with Gasteiger partial charge in [-0.2, -0.15) is 0 Å². The topological polar surface area (TPSA) is 35.5 Å². The van der Waals surface area contributed by atoms with Gasteiger partial charge in [-0.15, -0.1) is 0 Å². The molecule has 90 valence electrons. The molecule has 0 aromatic rings. The number of aliphatic hydroxyl groups is 1. The summed E-state index contributed by atoms with van der Waals surface area (Å²) in [6, 6.07) is 0.509. The fourth-order valence-electron chi connectivity index (χ4n) is 1.36. The Morgan fingerprint density at radius 1 is 1.47 bits per heavy atom. The lowest BCUT2D eigenvalue weighted by Gasteiger charge is -2.21. The van der Waals surface area contributed by atoms with Crippen LogP contribution in [0.15, 0.2) is 12.2 Å². The number of nitrogens with one attached hydrogen (secondary N) is 1. The Morgan fingerprint density at radius 2 is 2.13 bits per heavy atom. The number of hydrogen-bond donors (Lipinski definition) is 2. The summed E-state index contributed by atoms with van der Waals surface area (Å²) in [7, 11) is 0. The SMILES string of the molecule is C=C(CNC(C)C)CN(CC)CCCO. The summed E-state index contributed by atoms with van der Waals surface area (Å²) >= 11 is 0. The molecule has 0 aliphatic rings. The third-order valence-electron chi connectivity index (χ3n) is 2.29. The van der Waals surface area contributed by atoms with Crippen molar-refractivity contribution in [2.75, 3.05) is 32.8 Å². The molecule has 0 rings (SSSR count). The molecule has 3 nitrogen and oxygen atoms in total. The van der Waals surface area contributed by atoms with Crippen LogP contribution in [0.4, 0.5) is 0 Å². The smallest absolute Gasteiger partial charge is 0.0443 e. The molecule has 0 aromatic heterocycles. The maximum atomic E-state index is 8.76. The van der Waals surface area contributed by atoms with Crippen LogP contribution in [-0.4, -0.2) is 48.8 Å². The van der Waals surface area contributed by atoms with Gasteiger partial charge in [0.25, 0.3) is 0 Å². The van der Waals surface area contributed by atoms with Gasteiger partial charge in [-0.1, -0.05) is 27.4 Å². The molecular weight excluding hydrogens is 188 g/mol. The van der Waals surface area contributed by atoms with Gasteiger partial charge < -0.3 is 10.4 Å². The minimum atomic E-state index is 0.271. The number of aliphatic hydroxyl groups excluding tert-OH is 1.